The first-order chi connectivity index (χ1) is 5.39. The van der Waals surface area contributed by atoms with Gasteiger partial charge in [0, 0.05) is 11.8 Å². The quantitative estimate of drug-likeness (QED) is 0.497. The monoisotopic (exact) mass is 146 g/mol. The molecule has 6 saturated carbocycles. The highest BCUT2D eigenvalue weighted by Gasteiger charge is 2.86. The summed E-state index contributed by atoms with van der Waals surface area (Å²) in [6.07, 6.45) is 1.52. The van der Waals surface area contributed by atoms with E-state index in [4.69, 9.17) is 0 Å². The van der Waals surface area contributed by atoms with Crippen LogP contribution in [0.2, 0.25) is 0 Å². The second-order valence-electron chi connectivity index (χ2n) is 5.33. The highest BCUT2D eigenvalue weighted by Crippen LogP contribution is 2.86. The van der Waals surface area contributed by atoms with Crippen molar-refractivity contribution in [1.29, 1.82) is 0 Å². The lowest BCUT2D eigenvalue weighted by molar-refractivity contribution is -0.125. The van der Waals surface area contributed by atoms with Crippen molar-refractivity contribution in [1.82, 2.24) is 0 Å². The van der Waals surface area contributed by atoms with Gasteiger partial charge in [-0.25, -0.2) is 0 Å². The molecule has 1 heteroatoms. The number of ketones is 1. The number of Topliss-reactive ketones (excluding diaryl/α,β-unsaturated/α-hetero) is 1. The van der Waals surface area contributed by atoms with Crippen LogP contribution in [0.3, 0.4) is 0 Å². The normalized spacial score (nSPS) is 84.2. The van der Waals surface area contributed by atoms with Crippen LogP contribution in [0.25, 0.3) is 0 Å². The van der Waals surface area contributed by atoms with Gasteiger partial charge in [0.25, 0.3) is 0 Å². The maximum Gasteiger partial charge on any atom is 0.140 e. The molecule has 0 aromatic heterocycles. The van der Waals surface area contributed by atoms with Crippen LogP contribution in [0.15, 0.2) is 0 Å². The van der Waals surface area contributed by atoms with Gasteiger partial charge >= 0.3 is 0 Å². The first-order valence-corrected chi connectivity index (χ1v) is 4.93. The maximum absolute atomic E-state index is 11.6. The average molecular weight is 146 g/mol. The van der Waals surface area contributed by atoms with E-state index < -0.39 is 0 Å². The molecule has 4 bridgehead atoms. The third kappa shape index (κ3) is 0.250. The van der Waals surface area contributed by atoms with Gasteiger partial charge in [0.2, 0.25) is 0 Å². The molecule has 0 spiro atoms. The summed E-state index contributed by atoms with van der Waals surface area (Å²) in [5.74, 6) is 7.70. The molecule has 0 aromatic carbocycles. The number of hydrogen-bond acceptors (Lipinski definition) is 1. The molecule has 0 amide bonds. The summed E-state index contributed by atoms with van der Waals surface area (Å²) < 4.78 is 0. The Bertz CT molecular complexity index is 260. The molecule has 0 saturated heterocycles. The maximum atomic E-state index is 11.6. The van der Waals surface area contributed by atoms with Gasteiger partial charge in [-0.3, -0.25) is 4.79 Å². The molecule has 6 fully saturated rings. The van der Waals surface area contributed by atoms with Crippen molar-refractivity contribution in [2.75, 3.05) is 0 Å². The van der Waals surface area contributed by atoms with Crippen LogP contribution in [0.1, 0.15) is 6.42 Å². The van der Waals surface area contributed by atoms with Crippen LogP contribution in [-0.4, -0.2) is 5.78 Å². The van der Waals surface area contributed by atoms with Crippen molar-refractivity contribution in [3.63, 3.8) is 0 Å². The van der Waals surface area contributed by atoms with E-state index in [1.54, 1.807) is 0 Å². The lowest BCUT2D eigenvalue weighted by Gasteiger charge is -2.20. The van der Waals surface area contributed by atoms with Crippen LogP contribution in [0.4, 0.5) is 0 Å². The van der Waals surface area contributed by atoms with E-state index in [1.165, 1.54) is 6.42 Å². The van der Waals surface area contributed by atoms with E-state index in [-0.39, 0.29) is 0 Å². The predicted octanol–water partition coefficient (Wildman–Crippen LogP) is 0.943. The Labute approximate surface area is 65.2 Å². The number of rotatable bonds is 0. The Hall–Kier alpha value is -0.330. The van der Waals surface area contributed by atoms with Crippen LogP contribution in [0, 0.1) is 47.3 Å². The fourth-order valence-electron chi connectivity index (χ4n) is 5.36. The van der Waals surface area contributed by atoms with Crippen molar-refractivity contribution >= 4 is 5.78 Å². The molecule has 4 atom stereocenters. The van der Waals surface area contributed by atoms with Gasteiger partial charge < -0.3 is 0 Å². The molecule has 6 aliphatic carbocycles. The van der Waals surface area contributed by atoms with E-state index in [2.05, 4.69) is 0 Å². The molecule has 0 aromatic rings. The van der Waals surface area contributed by atoms with Gasteiger partial charge in [-0.1, -0.05) is 0 Å². The second kappa shape index (κ2) is 0.949. The van der Waals surface area contributed by atoms with Crippen LogP contribution < -0.4 is 0 Å². The number of hydrogen-bond donors (Lipinski definition) is 0. The van der Waals surface area contributed by atoms with Crippen molar-refractivity contribution in [3.8, 4) is 0 Å². The highest BCUT2D eigenvalue weighted by atomic mass is 16.1. The lowest BCUT2D eigenvalue weighted by atomic mass is 9.82. The van der Waals surface area contributed by atoms with Crippen LogP contribution >= 0.6 is 0 Å². The van der Waals surface area contributed by atoms with E-state index in [0.717, 1.165) is 35.5 Å². The van der Waals surface area contributed by atoms with Gasteiger partial charge in [-0.05, 0) is 41.9 Å². The smallest absolute Gasteiger partial charge is 0.140 e. The lowest BCUT2D eigenvalue weighted by Crippen LogP contribution is -2.25. The summed E-state index contributed by atoms with van der Waals surface area (Å²) in [5, 5.41) is 0. The molecule has 0 radical (unpaired) electrons. The van der Waals surface area contributed by atoms with E-state index >= 15 is 0 Å². The minimum absolute atomic E-state index is 0.610. The Balaban J connectivity index is 1.87. The van der Waals surface area contributed by atoms with Crippen LogP contribution in [-0.2, 0) is 4.79 Å². The summed E-state index contributed by atoms with van der Waals surface area (Å²) in [6.45, 7) is 0. The Morgan fingerprint density at radius 1 is 0.909 bits per heavy atom. The zero-order valence-electron chi connectivity index (χ0n) is 6.23. The summed E-state index contributed by atoms with van der Waals surface area (Å²) in [5.41, 5.74) is 0. The van der Waals surface area contributed by atoms with Gasteiger partial charge in [0.05, 0.1) is 0 Å². The van der Waals surface area contributed by atoms with E-state index in [9.17, 15) is 4.79 Å². The Morgan fingerprint density at radius 2 is 1.36 bits per heavy atom. The van der Waals surface area contributed by atoms with Crippen molar-refractivity contribution in [2.24, 2.45) is 47.3 Å². The van der Waals surface area contributed by atoms with Crippen molar-refractivity contribution in [2.45, 2.75) is 6.42 Å². The van der Waals surface area contributed by atoms with Crippen molar-refractivity contribution in [3.05, 3.63) is 0 Å². The van der Waals surface area contributed by atoms with Crippen molar-refractivity contribution < 1.29 is 4.79 Å². The van der Waals surface area contributed by atoms with E-state index in [1.807, 2.05) is 0 Å². The molecule has 6 aliphatic rings. The Kier molecular flexibility index (Phi) is 0.400. The largest absolute Gasteiger partial charge is 0.299 e. The molecular weight excluding hydrogens is 136 g/mol. The fraction of sp³-hybridized carbons (Fsp3) is 0.900. The third-order valence-electron chi connectivity index (χ3n) is 5.44. The molecule has 0 aliphatic heterocycles. The predicted molar refractivity (Wildman–Crippen MR) is 37.5 cm³/mol. The highest BCUT2D eigenvalue weighted by molar-refractivity contribution is 5.93. The Morgan fingerprint density at radius 3 is 1.82 bits per heavy atom. The second-order valence-corrected chi connectivity index (χ2v) is 5.33. The third-order valence-corrected chi connectivity index (χ3v) is 5.44. The zero-order chi connectivity index (χ0) is 6.90. The molecular formula is C10H10O. The van der Waals surface area contributed by atoms with Gasteiger partial charge in [0.15, 0.2) is 0 Å². The summed E-state index contributed by atoms with van der Waals surface area (Å²) in [4.78, 5) is 11.6. The fourth-order valence-corrected chi connectivity index (χ4v) is 5.36. The molecule has 56 valence electrons. The van der Waals surface area contributed by atoms with Gasteiger partial charge in [-0.2, -0.15) is 0 Å². The summed E-state index contributed by atoms with van der Waals surface area (Å²) in [7, 11) is 0. The molecule has 0 heterocycles. The van der Waals surface area contributed by atoms with E-state index in [0.29, 0.717) is 17.6 Å². The number of carbonyl (C=O) groups excluding carboxylic acids is 1. The van der Waals surface area contributed by atoms with Crippen LogP contribution in [0.5, 0.6) is 0 Å². The van der Waals surface area contributed by atoms with Gasteiger partial charge in [-0.15, -0.1) is 0 Å². The average Bonchev–Trinajstić information content (AvgIpc) is 2.86. The summed E-state index contributed by atoms with van der Waals surface area (Å²) >= 11 is 0. The topological polar surface area (TPSA) is 17.1 Å². The minimum atomic E-state index is 0.610. The standard InChI is InChI=1S/C10H10O/c11-10-8-4-2-1-3(6(4)8)7-5(2)9(7)10/h2-9H,1H2. The SMILES string of the molecule is O=C1C2C3C4CC(C23)C2C1C42. The first kappa shape index (κ1) is 4.64. The zero-order valence-corrected chi connectivity index (χ0v) is 6.23. The molecule has 4 unspecified atom stereocenters. The molecule has 0 N–H and O–H groups in total. The minimum Gasteiger partial charge on any atom is -0.299 e. The van der Waals surface area contributed by atoms with Gasteiger partial charge in [0.1, 0.15) is 5.78 Å². The number of carbonyl (C=O) groups is 1. The summed E-state index contributed by atoms with van der Waals surface area (Å²) in [6, 6.07) is 0. The molecule has 6 rings (SSSR count). The first-order valence-electron chi connectivity index (χ1n) is 4.93. The molecule has 11 heavy (non-hydrogen) atoms. The molecule has 1 nitrogen and oxygen atoms in total.